The maximum absolute atomic E-state index is 13.6. The highest BCUT2D eigenvalue weighted by Gasteiger charge is 2.66. The van der Waals surface area contributed by atoms with Crippen molar-refractivity contribution in [3.05, 3.63) is 77.0 Å². The summed E-state index contributed by atoms with van der Waals surface area (Å²) in [5, 5.41) is 3.58. The van der Waals surface area contributed by atoms with E-state index in [0.29, 0.717) is 18.6 Å². The summed E-state index contributed by atoms with van der Waals surface area (Å²) in [7, 11) is 2.78. The molecule has 7 nitrogen and oxygen atoms in total. The SMILES string of the molecule is CC[C@@]1(C[C@H]2[C@H](C(=O)OC)C(C(=O)OC)=C3Nc4ccccc4[C@]34CCN(Cc3ccccc3)[C@H]24)CO1. The van der Waals surface area contributed by atoms with Crippen LogP contribution in [0.25, 0.3) is 0 Å². The predicted molar refractivity (Wildman–Crippen MR) is 139 cm³/mol. The Kier molecular flexibility index (Phi) is 5.88. The van der Waals surface area contributed by atoms with E-state index in [1.54, 1.807) is 0 Å². The van der Waals surface area contributed by atoms with Gasteiger partial charge in [0, 0.05) is 30.5 Å². The molecule has 0 unspecified atom stereocenters. The zero-order chi connectivity index (χ0) is 25.8. The minimum Gasteiger partial charge on any atom is -0.469 e. The van der Waals surface area contributed by atoms with Gasteiger partial charge in [-0.15, -0.1) is 0 Å². The molecular formula is C30H34N2O5. The fourth-order valence-electron chi connectivity index (χ4n) is 7.32. The molecule has 3 heterocycles. The van der Waals surface area contributed by atoms with Crippen molar-refractivity contribution in [2.24, 2.45) is 11.8 Å². The largest absolute Gasteiger partial charge is 0.469 e. The molecule has 0 amide bonds. The van der Waals surface area contributed by atoms with E-state index in [0.717, 1.165) is 37.3 Å². The number of benzene rings is 2. The van der Waals surface area contributed by atoms with Crippen LogP contribution in [0.5, 0.6) is 0 Å². The highest BCUT2D eigenvalue weighted by molar-refractivity contribution is 5.99. The van der Waals surface area contributed by atoms with Crippen molar-refractivity contribution in [1.29, 1.82) is 0 Å². The Balaban J connectivity index is 1.58. The Hall–Kier alpha value is -3.16. The molecule has 0 radical (unpaired) electrons. The highest BCUT2D eigenvalue weighted by Crippen LogP contribution is 2.62. The smallest absolute Gasteiger partial charge is 0.336 e. The molecule has 0 bridgehead atoms. The summed E-state index contributed by atoms with van der Waals surface area (Å²) in [6.45, 7) is 4.41. The molecule has 1 spiro atoms. The molecule has 2 saturated heterocycles. The van der Waals surface area contributed by atoms with Gasteiger partial charge in [-0.25, -0.2) is 4.79 Å². The number of rotatable bonds is 7. The van der Waals surface area contributed by atoms with Crippen LogP contribution in [0.2, 0.25) is 0 Å². The number of epoxide rings is 1. The van der Waals surface area contributed by atoms with Gasteiger partial charge in [-0.3, -0.25) is 9.69 Å². The number of fused-ring (bicyclic) bond motifs is 1. The summed E-state index contributed by atoms with van der Waals surface area (Å²) in [4.78, 5) is 29.6. The van der Waals surface area contributed by atoms with E-state index in [1.165, 1.54) is 25.3 Å². The van der Waals surface area contributed by atoms with Gasteiger partial charge in [0.1, 0.15) is 0 Å². The summed E-state index contributed by atoms with van der Waals surface area (Å²) < 4.78 is 16.7. The number of nitrogens with one attached hydrogen (secondary N) is 1. The minimum absolute atomic E-state index is 0.0241. The normalized spacial score (nSPS) is 31.7. The van der Waals surface area contributed by atoms with Crippen LogP contribution in [-0.2, 0) is 35.8 Å². The number of ether oxygens (including phenoxy) is 3. The molecule has 2 fully saturated rings. The monoisotopic (exact) mass is 502 g/mol. The van der Waals surface area contributed by atoms with E-state index in [9.17, 15) is 9.59 Å². The quantitative estimate of drug-likeness (QED) is 0.452. The predicted octanol–water partition coefficient (Wildman–Crippen LogP) is 4.04. The molecule has 1 N–H and O–H groups in total. The Morgan fingerprint density at radius 3 is 2.49 bits per heavy atom. The lowest BCUT2D eigenvalue weighted by Gasteiger charge is -2.49. The number of methoxy groups -OCH3 is 2. The van der Waals surface area contributed by atoms with Gasteiger partial charge >= 0.3 is 11.9 Å². The Morgan fingerprint density at radius 2 is 1.81 bits per heavy atom. The van der Waals surface area contributed by atoms with E-state index < -0.39 is 23.3 Å². The topological polar surface area (TPSA) is 80.4 Å². The zero-order valence-electron chi connectivity index (χ0n) is 21.7. The first kappa shape index (κ1) is 24.2. The van der Waals surface area contributed by atoms with Crippen molar-refractivity contribution in [2.45, 2.75) is 49.8 Å². The average Bonchev–Trinajstić information content (AvgIpc) is 3.50. The minimum atomic E-state index is -0.753. The van der Waals surface area contributed by atoms with Gasteiger partial charge in [-0.1, -0.05) is 55.5 Å². The number of carbonyl (C=O) groups excluding carboxylic acids is 2. The lowest BCUT2D eigenvalue weighted by atomic mass is 9.58. The first-order valence-electron chi connectivity index (χ1n) is 13.2. The van der Waals surface area contributed by atoms with E-state index >= 15 is 0 Å². The van der Waals surface area contributed by atoms with Gasteiger partial charge in [-0.2, -0.15) is 0 Å². The molecule has 5 atom stereocenters. The number of esters is 2. The standard InChI is InChI=1S/C30H34N2O5/c1-4-29(18-37-29)16-20-23(27(33)35-2)24(28(34)36-3)25-30(21-12-8-9-13-22(21)31-25)14-15-32(26(20)30)17-19-10-6-5-7-11-19/h5-13,20,23,26,31H,4,14-18H2,1-3H3/t20-,23-,26+,29+,30+/m0/s1. The molecule has 2 aromatic rings. The van der Waals surface area contributed by atoms with Gasteiger partial charge in [0.25, 0.3) is 0 Å². The van der Waals surface area contributed by atoms with Crippen molar-refractivity contribution in [3.63, 3.8) is 0 Å². The highest BCUT2D eigenvalue weighted by atomic mass is 16.6. The second kappa shape index (κ2) is 8.99. The van der Waals surface area contributed by atoms with Crippen LogP contribution >= 0.6 is 0 Å². The molecule has 0 saturated carbocycles. The van der Waals surface area contributed by atoms with Crippen LogP contribution in [0.3, 0.4) is 0 Å². The molecule has 194 valence electrons. The number of carbonyl (C=O) groups is 2. The lowest BCUT2D eigenvalue weighted by Crippen LogP contribution is -2.57. The molecule has 1 aliphatic carbocycles. The van der Waals surface area contributed by atoms with Gasteiger partial charge in [-0.05, 0) is 42.4 Å². The molecule has 2 aromatic carbocycles. The van der Waals surface area contributed by atoms with Crippen LogP contribution < -0.4 is 5.32 Å². The number of hydrogen-bond acceptors (Lipinski definition) is 7. The Labute approximate surface area is 217 Å². The molecule has 37 heavy (non-hydrogen) atoms. The number of hydrogen-bond donors (Lipinski definition) is 1. The third-order valence-corrected chi connectivity index (χ3v) is 9.11. The maximum atomic E-state index is 13.6. The number of anilines is 1. The van der Waals surface area contributed by atoms with E-state index in [4.69, 9.17) is 14.2 Å². The van der Waals surface area contributed by atoms with Gasteiger partial charge in [0.05, 0.1) is 43.3 Å². The lowest BCUT2D eigenvalue weighted by molar-refractivity contribution is -0.151. The molecule has 0 aromatic heterocycles. The van der Waals surface area contributed by atoms with Crippen LogP contribution in [-0.4, -0.2) is 55.9 Å². The average molecular weight is 503 g/mol. The summed E-state index contributed by atoms with van der Waals surface area (Å²) in [6.07, 6.45) is 2.38. The van der Waals surface area contributed by atoms with E-state index in [-0.39, 0.29) is 17.6 Å². The Morgan fingerprint density at radius 1 is 1.08 bits per heavy atom. The molecule has 3 aliphatic heterocycles. The molecular weight excluding hydrogens is 468 g/mol. The molecule has 6 rings (SSSR count). The van der Waals surface area contributed by atoms with Crippen LogP contribution in [0.4, 0.5) is 5.69 Å². The molecule has 4 aliphatic rings. The zero-order valence-corrected chi connectivity index (χ0v) is 21.7. The number of likely N-dealkylation sites (tertiary alicyclic amines) is 1. The van der Waals surface area contributed by atoms with Crippen molar-refractivity contribution < 1.29 is 23.8 Å². The molecule has 7 heteroatoms. The van der Waals surface area contributed by atoms with Gasteiger partial charge in [0.15, 0.2) is 0 Å². The fourth-order valence-corrected chi connectivity index (χ4v) is 7.32. The first-order chi connectivity index (χ1) is 18.0. The third kappa shape index (κ3) is 3.62. The second-order valence-corrected chi connectivity index (χ2v) is 10.8. The van der Waals surface area contributed by atoms with Gasteiger partial charge in [0.2, 0.25) is 0 Å². The van der Waals surface area contributed by atoms with Crippen molar-refractivity contribution in [2.75, 3.05) is 32.7 Å². The van der Waals surface area contributed by atoms with Crippen LogP contribution in [0, 0.1) is 11.8 Å². The summed E-state index contributed by atoms with van der Waals surface area (Å²) in [6, 6.07) is 18.7. The Bertz CT molecular complexity index is 1250. The van der Waals surface area contributed by atoms with E-state index in [2.05, 4.69) is 59.6 Å². The first-order valence-corrected chi connectivity index (χ1v) is 13.2. The fraction of sp³-hybridized carbons (Fsp3) is 0.467. The number of para-hydroxylation sites is 1. The van der Waals surface area contributed by atoms with Crippen molar-refractivity contribution >= 4 is 17.6 Å². The summed E-state index contributed by atoms with van der Waals surface area (Å²) in [5.74, 6) is -1.82. The maximum Gasteiger partial charge on any atom is 0.336 e. The summed E-state index contributed by atoms with van der Waals surface area (Å²) in [5.41, 5.74) is 3.88. The van der Waals surface area contributed by atoms with E-state index in [1.807, 2.05) is 12.1 Å². The second-order valence-electron chi connectivity index (χ2n) is 10.8. The number of nitrogens with zero attached hydrogens (tertiary/aromatic N) is 1. The van der Waals surface area contributed by atoms with Gasteiger partial charge < -0.3 is 19.5 Å². The van der Waals surface area contributed by atoms with Crippen LogP contribution in [0.1, 0.15) is 37.3 Å². The summed E-state index contributed by atoms with van der Waals surface area (Å²) >= 11 is 0. The van der Waals surface area contributed by atoms with Crippen molar-refractivity contribution in [3.8, 4) is 0 Å². The van der Waals surface area contributed by atoms with Crippen molar-refractivity contribution in [1.82, 2.24) is 4.90 Å². The van der Waals surface area contributed by atoms with Crippen LogP contribution in [0.15, 0.2) is 65.9 Å². The third-order valence-electron chi connectivity index (χ3n) is 9.11.